The zero-order chi connectivity index (χ0) is 10.9. The fraction of sp³-hybridized carbons (Fsp3) is 0.538. The van der Waals surface area contributed by atoms with Gasteiger partial charge in [0.2, 0.25) is 0 Å². The van der Waals surface area contributed by atoms with Gasteiger partial charge in [0.1, 0.15) is 0 Å². The molecule has 15 heavy (non-hydrogen) atoms. The molecule has 1 aromatic carbocycles. The van der Waals surface area contributed by atoms with Gasteiger partial charge in [-0.2, -0.15) is 0 Å². The van der Waals surface area contributed by atoms with Crippen LogP contribution in [-0.2, 0) is 4.74 Å². The van der Waals surface area contributed by atoms with Crippen LogP contribution in [0.3, 0.4) is 0 Å². The van der Waals surface area contributed by atoms with Crippen LogP contribution in [0.4, 0.5) is 0 Å². The zero-order valence-corrected chi connectivity index (χ0v) is 10.8. The summed E-state index contributed by atoms with van der Waals surface area (Å²) in [4.78, 5) is 0.509. The molecule has 1 nitrogen and oxygen atoms in total. The summed E-state index contributed by atoms with van der Waals surface area (Å²) in [5.74, 6) is 0. The van der Waals surface area contributed by atoms with Gasteiger partial charge in [-0.1, -0.05) is 53.2 Å². The molecule has 0 saturated heterocycles. The van der Waals surface area contributed by atoms with E-state index in [9.17, 15) is 0 Å². The Morgan fingerprint density at radius 1 is 1.27 bits per heavy atom. The van der Waals surface area contributed by atoms with Crippen molar-refractivity contribution in [1.29, 1.82) is 0 Å². The zero-order valence-electron chi connectivity index (χ0n) is 9.24. The molecule has 82 valence electrons. The Hall–Kier alpha value is -0.340. The first kappa shape index (κ1) is 11.2. The molecule has 1 aliphatic rings. The van der Waals surface area contributed by atoms with Gasteiger partial charge in [0.05, 0.1) is 6.10 Å². The topological polar surface area (TPSA) is 9.23 Å². The molecule has 2 atom stereocenters. The number of alkyl halides is 1. The highest BCUT2D eigenvalue weighted by atomic mass is 79.9. The molecule has 0 amide bonds. The highest BCUT2D eigenvalue weighted by Gasteiger charge is 2.53. The van der Waals surface area contributed by atoms with E-state index < -0.39 is 0 Å². The largest absolute Gasteiger partial charge is 0.376 e. The Morgan fingerprint density at radius 3 is 2.27 bits per heavy atom. The summed E-state index contributed by atoms with van der Waals surface area (Å²) in [6.45, 7) is 2.22. The van der Waals surface area contributed by atoms with Gasteiger partial charge in [-0.25, -0.2) is 0 Å². The highest BCUT2D eigenvalue weighted by molar-refractivity contribution is 9.09. The Kier molecular flexibility index (Phi) is 3.17. The van der Waals surface area contributed by atoms with Crippen molar-refractivity contribution in [2.45, 2.75) is 30.7 Å². The molecular weight excluding hydrogens is 252 g/mol. The van der Waals surface area contributed by atoms with Gasteiger partial charge in [-0.3, -0.25) is 0 Å². The van der Waals surface area contributed by atoms with E-state index in [1.165, 1.54) is 18.4 Å². The fourth-order valence-electron chi connectivity index (χ4n) is 2.34. The van der Waals surface area contributed by atoms with Gasteiger partial charge in [-0.05, 0) is 18.4 Å². The second-order valence-corrected chi connectivity index (χ2v) is 5.75. The van der Waals surface area contributed by atoms with Crippen LogP contribution in [0.25, 0.3) is 0 Å². The third-order valence-corrected chi connectivity index (χ3v) is 4.39. The average molecular weight is 269 g/mol. The highest BCUT2D eigenvalue weighted by Crippen LogP contribution is 2.60. The Balaban J connectivity index is 2.26. The molecular formula is C13H17BrO. The van der Waals surface area contributed by atoms with E-state index in [2.05, 4.69) is 47.1 Å². The lowest BCUT2D eigenvalue weighted by atomic mass is 9.90. The van der Waals surface area contributed by atoms with E-state index in [0.29, 0.717) is 10.2 Å². The van der Waals surface area contributed by atoms with Gasteiger partial charge in [0, 0.05) is 17.4 Å². The second kappa shape index (κ2) is 4.26. The normalized spacial score (nSPS) is 22.1. The van der Waals surface area contributed by atoms with Gasteiger partial charge >= 0.3 is 0 Å². The van der Waals surface area contributed by atoms with Crippen molar-refractivity contribution in [1.82, 2.24) is 0 Å². The first-order valence-corrected chi connectivity index (χ1v) is 6.34. The van der Waals surface area contributed by atoms with Crippen LogP contribution in [0.15, 0.2) is 30.3 Å². The summed E-state index contributed by atoms with van der Waals surface area (Å²) in [5.41, 5.74) is 1.61. The number of methoxy groups -OCH3 is 1. The Morgan fingerprint density at radius 2 is 1.87 bits per heavy atom. The van der Waals surface area contributed by atoms with Crippen LogP contribution in [0.1, 0.15) is 31.4 Å². The fourth-order valence-corrected chi connectivity index (χ4v) is 3.04. The van der Waals surface area contributed by atoms with Crippen molar-refractivity contribution < 1.29 is 4.74 Å². The van der Waals surface area contributed by atoms with Gasteiger partial charge in [-0.15, -0.1) is 0 Å². The molecule has 2 heteroatoms. The minimum Gasteiger partial charge on any atom is -0.376 e. The van der Waals surface area contributed by atoms with Gasteiger partial charge in [0.15, 0.2) is 0 Å². The lowest BCUT2D eigenvalue weighted by molar-refractivity contribution is 0.0400. The van der Waals surface area contributed by atoms with Gasteiger partial charge < -0.3 is 4.74 Å². The van der Waals surface area contributed by atoms with Crippen LogP contribution in [0.2, 0.25) is 0 Å². The first-order valence-electron chi connectivity index (χ1n) is 5.42. The summed E-state index contributed by atoms with van der Waals surface area (Å²) in [5, 5.41) is 0. The van der Waals surface area contributed by atoms with Crippen molar-refractivity contribution in [3.05, 3.63) is 35.9 Å². The summed E-state index contributed by atoms with van der Waals surface area (Å²) in [6, 6.07) is 10.5. The Bertz CT molecular complexity index is 317. The smallest absolute Gasteiger partial charge is 0.0887 e. The molecule has 1 aromatic rings. The standard InChI is InChI=1S/C13H17BrO/c1-10(14)13(8-9-13)12(15-2)11-6-4-3-5-7-11/h3-7,10,12H,8-9H2,1-2H3. The molecule has 1 saturated carbocycles. The summed E-state index contributed by atoms with van der Waals surface area (Å²) in [6.07, 6.45) is 2.74. The Labute approximate surface area is 100.0 Å². The average Bonchev–Trinajstić information content (AvgIpc) is 3.02. The molecule has 0 aromatic heterocycles. The monoisotopic (exact) mass is 268 g/mol. The SMILES string of the molecule is COC(c1ccccc1)C1(C(C)Br)CC1. The summed E-state index contributed by atoms with van der Waals surface area (Å²) in [7, 11) is 1.81. The third-order valence-electron chi connectivity index (χ3n) is 3.48. The third kappa shape index (κ3) is 1.98. The molecule has 1 aliphatic carbocycles. The van der Waals surface area contributed by atoms with Crippen LogP contribution < -0.4 is 0 Å². The molecule has 0 heterocycles. The lowest BCUT2D eigenvalue weighted by Gasteiger charge is -2.28. The number of ether oxygens (including phenoxy) is 1. The quantitative estimate of drug-likeness (QED) is 0.752. The molecule has 0 bridgehead atoms. The molecule has 0 radical (unpaired) electrons. The van der Waals surface area contributed by atoms with Crippen LogP contribution >= 0.6 is 15.9 Å². The van der Waals surface area contributed by atoms with Crippen molar-refractivity contribution in [2.24, 2.45) is 5.41 Å². The van der Waals surface area contributed by atoms with Crippen molar-refractivity contribution >= 4 is 15.9 Å². The first-order chi connectivity index (χ1) is 7.20. The molecule has 1 fully saturated rings. The van der Waals surface area contributed by atoms with Crippen LogP contribution in [0.5, 0.6) is 0 Å². The predicted octanol–water partition coefficient (Wildman–Crippen LogP) is 3.94. The molecule has 2 rings (SSSR count). The minimum atomic E-state index is 0.230. The van der Waals surface area contributed by atoms with Crippen LogP contribution in [0, 0.1) is 5.41 Å². The second-order valence-electron chi connectivity index (χ2n) is 4.38. The number of benzene rings is 1. The maximum Gasteiger partial charge on any atom is 0.0887 e. The number of hydrogen-bond acceptors (Lipinski definition) is 1. The van der Waals surface area contributed by atoms with E-state index in [1.807, 2.05) is 13.2 Å². The minimum absolute atomic E-state index is 0.230. The van der Waals surface area contributed by atoms with Crippen molar-refractivity contribution in [3.8, 4) is 0 Å². The maximum absolute atomic E-state index is 5.69. The van der Waals surface area contributed by atoms with Crippen molar-refractivity contribution in [3.63, 3.8) is 0 Å². The van der Waals surface area contributed by atoms with E-state index in [-0.39, 0.29) is 6.10 Å². The number of hydrogen-bond donors (Lipinski definition) is 0. The van der Waals surface area contributed by atoms with E-state index in [1.54, 1.807) is 0 Å². The molecule has 0 aliphatic heterocycles. The van der Waals surface area contributed by atoms with E-state index in [0.717, 1.165) is 0 Å². The predicted molar refractivity (Wildman–Crippen MR) is 66.2 cm³/mol. The lowest BCUT2D eigenvalue weighted by Crippen LogP contribution is -2.23. The molecule has 0 spiro atoms. The van der Waals surface area contributed by atoms with Crippen LogP contribution in [-0.4, -0.2) is 11.9 Å². The van der Waals surface area contributed by atoms with E-state index >= 15 is 0 Å². The maximum atomic E-state index is 5.69. The number of rotatable bonds is 4. The van der Waals surface area contributed by atoms with E-state index in [4.69, 9.17) is 4.74 Å². The number of halogens is 1. The summed E-state index contributed by atoms with van der Waals surface area (Å²) >= 11 is 3.72. The van der Waals surface area contributed by atoms with Gasteiger partial charge in [0.25, 0.3) is 0 Å². The van der Waals surface area contributed by atoms with Crippen molar-refractivity contribution in [2.75, 3.05) is 7.11 Å². The summed E-state index contributed by atoms with van der Waals surface area (Å²) < 4.78 is 5.69. The molecule has 2 unspecified atom stereocenters. The molecule has 0 N–H and O–H groups in total.